The van der Waals surface area contributed by atoms with Gasteiger partial charge in [-0.1, -0.05) is 89.8 Å². The summed E-state index contributed by atoms with van der Waals surface area (Å²) < 4.78 is -0.216. The van der Waals surface area contributed by atoms with E-state index in [1.54, 1.807) is 12.4 Å². The van der Waals surface area contributed by atoms with Crippen molar-refractivity contribution in [1.29, 1.82) is 0 Å². The van der Waals surface area contributed by atoms with Gasteiger partial charge in [-0.25, -0.2) is 9.41 Å². The van der Waals surface area contributed by atoms with E-state index in [0.717, 1.165) is 48.0 Å². The summed E-state index contributed by atoms with van der Waals surface area (Å²) in [5.74, 6) is 0. The first kappa shape index (κ1) is 39.0. The first-order chi connectivity index (χ1) is 18.4. The third-order valence-electron chi connectivity index (χ3n) is 6.14. The molecule has 0 atom stereocenters. The molecule has 0 saturated carbocycles. The van der Waals surface area contributed by atoms with E-state index in [1.807, 2.05) is 12.2 Å². The quantitative estimate of drug-likeness (QED) is 0.161. The van der Waals surface area contributed by atoms with Crippen molar-refractivity contribution in [3.63, 3.8) is 0 Å². The van der Waals surface area contributed by atoms with Crippen molar-refractivity contribution < 1.29 is 19.5 Å². The molecule has 1 aromatic rings. The van der Waals surface area contributed by atoms with Crippen LogP contribution in [0.25, 0.3) is 22.8 Å². The van der Waals surface area contributed by atoms with Crippen LogP contribution in [0.2, 0.25) is 0 Å². The molecule has 0 unspecified atom stereocenters. The van der Waals surface area contributed by atoms with Gasteiger partial charge in [-0.2, -0.15) is 12.4 Å². The van der Waals surface area contributed by atoms with E-state index in [4.69, 9.17) is 50.5 Å². The topological polar surface area (TPSA) is 34.7 Å². The maximum Gasteiger partial charge on any atom is 0 e. The maximum atomic E-state index is 5.07. The fourth-order valence-electron chi connectivity index (χ4n) is 3.77. The number of nitrogens with zero attached hydrogens (tertiary/aromatic N) is 4. The Kier molecular flexibility index (Phi) is 24.6. The first-order valence-electron chi connectivity index (χ1n) is 14.1. The summed E-state index contributed by atoms with van der Waals surface area (Å²) >= 11 is 20.3. The second-order valence-electron chi connectivity index (χ2n) is 9.32. The molecular formula is C30H46N4S4Zn-6. The van der Waals surface area contributed by atoms with Crippen LogP contribution in [0.1, 0.15) is 79.1 Å². The smallest absolute Gasteiger partial charge is 0 e. The van der Waals surface area contributed by atoms with Gasteiger partial charge in [-0.15, -0.1) is 11.4 Å². The van der Waals surface area contributed by atoms with Gasteiger partial charge in [0.15, 0.2) is 0 Å². The molecule has 2 aliphatic rings. The SMILES string of the molecule is C1=C[N-]c2c3c(ccc2=C1)=CC=C[N-]3.CCCCN(CCCC)C([S-])[S-].CCCCN(CCCC)C([S-])[S-].[Zn]. The van der Waals surface area contributed by atoms with Crippen LogP contribution in [0.4, 0.5) is 11.4 Å². The first-order valence-corrected chi connectivity index (χ1v) is 16.0. The molecule has 218 valence electrons. The van der Waals surface area contributed by atoms with Crippen LogP contribution in [0.5, 0.6) is 0 Å². The minimum Gasteiger partial charge on any atom is -0.800 e. The number of fused-ring (bicyclic) bond motifs is 3. The summed E-state index contributed by atoms with van der Waals surface area (Å²) in [6, 6.07) is 4.15. The van der Waals surface area contributed by atoms with Crippen LogP contribution in [0.15, 0.2) is 36.7 Å². The van der Waals surface area contributed by atoms with Crippen LogP contribution >= 0.6 is 0 Å². The third kappa shape index (κ3) is 16.3. The van der Waals surface area contributed by atoms with Gasteiger partial charge in [-0.05, 0) is 62.3 Å². The number of hydrogen-bond donors (Lipinski definition) is 0. The average Bonchev–Trinajstić information content (AvgIpc) is 2.93. The molecule has 0 amide bonds. The van der Waals surface area contributed by atoms with Crippen LogP contribution in [-0.4, -0.2) is 45.4 Å². The Morgan fingerprint density at radius 2 is 0.897 bits per heavy atom. The molecule has 2 heterocycles. The summed E-state index contributed by atoms with van der Waals surface area (Å²) in [5, 5.41) is 11.0. The molecule has 0 radical (unpaired) electrons. The Bertz CT molecular complexity index is 847. The predicted octanol–water partition coefficient (Wildman–Crippen LogP) is 6.84. The number of unbranched alkanes of at least 4 members (excludes halogenated alkanes) is 4. The predicted molar refractivity (Wildman–Crippen MR) is 179 cm³/mol. The molecule has 0 aliphatic carbocycles. The van der Waals surface area contributed by atoms with E-state index in [2.05, 4.69) is 72.4 Å². The number of hydrogen-bond acceptors (Lipinski definition) is 6. The molecule has 2 aliphatic heterocycles. The monoisotopic (exact) mass is 654 g/mol. The zero-order chi connectivity index (χ0) is 28.2. The van der Waals surface area contributed by atoms with E-state index in [0.29, 0.717) is 0 Å². The Morgan fingerprint density at radius 1 is 0.590 bits per heavy atom. The Morgan fingerprint density at radius 3 is 1.15 bits per heavy atom. The number of allylic oxidation sites excluding steroid dienone is 2. The van der Waals surface area contributed by atoms with E-state index < -0.39 is 0 Å². The molecule has 39 heavy (non-hydrogen) atoms. The average molecular weight is 656 g/mol. The van der Waals surface area contributed by atoms with Crippen molar-refractivity contribution in [1.82, 2.24) is 9.80 Å². The molecule has 0 aromatic heterocycles. The number of rotatable bonds is 14. The van der Waals surface area contributed by atoms with E-state index in [1.165, 1.54) is 51.4 Å². The largest absolute Gasteiger partial charge is 0.800 e. The van der Waals surface area contributed by atoms with Gasteiger partial charge in [-0.3, -0.25) is 0 Å². The van der Waals surface area contributed by atoms with E-state index in [9.17, 15) is 0 Å². The minimum atomic E-state index is -0.108. The van der Waals surface area contributed by atoms with Gasteiger partial charge < -0.3 is 70.9 Å². The van der Waals surface area contributed by atoms with Crippen LogP contribution in [0.3, 0.4) is 0 Å². The van der Waals surface area contributed by atoms with Crippen LogP contribution in [0, 0.1) is 0 Å². The molecular weight excluding hydrogens is 610 g/mol. The van der Waals surface area contributed by atoms with Gasteiger partial charge in [0.05, 0.1) is 0 Å². The molecule has 0 fully saturated rings. The Hall–Kier alpha value is -0.0166. The molecule has 4 nitrogen and oxygen atoms in total. The van der Waals surface area contributed by atoms with Gasteiger partial charge in [0, 0.05) is 19.5 Å². The van der Waals surface area contributed by atoms with Gasteiger partial charge >= 0.3 is 0 Å². The van der Waals surface area contributed by atoms with Crippen LogP contribution < -0.4 is 10.4 Å². The number of benzene rings is 1. The third-order valence-corrected chi connectivity index (χ3v) is 7.33. The summed E-state index contributed by atoms with van der Waals surface area (Å²) in [7, 11) is 0. The second kappa shape index (κ2) is 24.6. The van der Waals surface area contributed by atoms with Gasteiger partial charge in [0.1, 0.15) is 0 Å². The standard InChI is InChI=1S/C12H8N2.2C9H21NS2.Zn/c1-3-9-5-6-10-4-2-8-14-12(10)11(9)13-7-1;2*1-3-5-7-10(9(11)12)8-6-4-2;/h1-8H;2*9,11-12H,3-8H2,1-2H3;/q-2;;;/p-4. The normalized spacial score (nSPS) is 12.6. The van der Waals surface area contributed by atoms with Crippen molar-refractivity contribution in [3.8, 4) is 0 Å². The summed E-state index contributed by atoms with van der Waals surface area (Å²) in [5.41, 5.74) is 1.95. The molecule has 9 heteroatoms. The minimum absolute atomic E-state index is 0. The molecule has 0 N–H and O–H groups in total. The van der Waals surface area contributed by atoms with Crippen molar-refractivity contribution in [3.05, 3.63) is 57.8 Å². The molecule has 1 aromatic carbocycles. The van der Waals surface area contributed by atoms with E-state index >= 15 is 0 Å². The van der Waals surface area contributed by atoms with Crippen molar-refractivity contribution in [2.45, 2.75) is 88.5 Å². The Labute approximate surface area is 274 Å². The van der Waals surface area contributed by atoms with Crippen molar-refractivity contribution in [2.75, 3.05) is 26.2 Å². The second-order valence-corrected chi connectivity index (χ2v) is 11.7. The van der Waals surface area contributed by atoms with Crippen LogP contribution in [-0.2, 0) is 70.0 Å². The van der Waals surface area contributed by atoms with Gasteiger partial charge in [0.25, 0.3) is 0 Å². The van der Waals surface area contributed by atoms with Crippen molar-refractivity contribution >= 4 is 74.0 Å². The summed E-state index contributed by atoms with van der Waals surface area (Å²) in [4.78, 5) is 4.44. The summed E-state index contributed by atoms with van der Waals surface area (Å²) in [6.07, 6.45) is 21.3. The van der Waals surface area contributed by atoms with Crippen molar-refractivity contribution in [2.24, 2.45) is 0 Å². The zero-order valence-corrected chi connectivity index (χ0v) is 30.6. The molecule has 0 spiro atoms. The molecule has 0 saturated heterocycles. The fourth-order valence-corrected chi connectivity index (χ4v) is 4.61. The summed E-state index contributed by atoms with van der Waals surface area (Å²) in [6.45, 7) is 13.1. The van der Waals surface area contributed by atoms with Gasteiger partial charge in [0.2, 0.25) is 0 Å². The molecule has 0 bridgehead atoms. The zero-order valence-electron chi connectivity index (χ0n) is 24.4. The Balaban J connectivity index is 0.000000553. The molecule has 3 rings (SSSR count). The van der Waals surface area contributed by atoms with E-state index in [-0.39, 0.29) is 28.9 Å². The maximum absolute atomic E-state index is 5.07. The fraction of sp³-hybridized carbons (Fsp3) is 0.600.